The summed E-state index contributed by atoms with van der Waals surface area (Å²) < 4.78 is 5.31. The molecule has 2 heterocycles. The third kappa shape index (κ3) is 10.0. The number of carboxylic acid groups (broad SMARTS) is 3. The molecule has 2 aliphatic rings. The molecule has 0 amide bonds. The average Bonchev–Trinajstić information content (AvgIpc) is 3.07. The zero-order chi connectivity index (χ0) is 22.8. The number of nitrogens with zero attached hydrogens (tertiary/aromatic N) is 4. The normalized spacial score (nSPS) is 23.6. The van der Waals surface area contributed by atoms with Gasteiger partial charge in [-0.15, -0.1) is 0 Å². The second-order valence-corrected chi connectivity index (χ2v) is 7.96. The molecule has 1 unspecified atom stereocenters. The van der Waals surface area contributed by atoms with Crippen molar-refractivity contribution in [3.05, 3.63) is 0 Å². The zero-order valence-electron chi connectivity index (χ0n) is 17.6. The lowest BCUT2D eigenvalue weighted by atomic mass is 10.2. The number of carbonyl (C=O) groups excluding carboxylic acids is 1. The fourth-order valence-corrected chi connectivity index (χ4v) is 3.81. The Kier molecular flexibility index (Phi) is 10.1. The van der Waals surface area contributed by atoms with E-state index in [9.17, 15) is 29.4 Å². The molecule has 0 bridgehead atoms. The molecule has 0 aromatic carbocycles. The van der Waals surface area contributed by atoms with Gasteiger partial charge >= 0.3 is 23.9 Å². The Balaban J connectivity index is 2.09. The van der Waals surface area contributed by atoms with Crippen LogP contribution in [0.15, 0.2) is 0 Å². The van der Waals surface area contributed by atoms with E-state index in [1.807, 2.05) is 0 Å². The van der Waals surface area contributed by atoms with Crippen LogP contribution in [0.3, 0.4) is 0 Å². The van der Waals surface area contributed by atoms with E-state index in [0.717, 1.165) is 0 Å². The lowest BCUT2D eigenvalue weighted by Gasteiger charge is -2.33. The van der Waals surface area contributed by atoms with Gasteiger partial charge in [-0.25, -0.2) is 0 Å². The molecule has 0 aromatic rings. The molecular weight excluding hydrogens is 412 g/mol. The first-order valence-corrected chi connectivity index (χ1v) is 10.5. The van der Waals surface area contributed by atoms with E-state index in [1.54, 1.807) is 14.7 Å². The molecule has 0 radical (unpaired) electrons. The standard InChI is InChI=1S/C19H32N4O8/c24-16(25)12-21-5-3-20(11-15-1-2-19(30)31-15)4-6-22(13-17(26)27)8-10-23(9-7-21)14-18(28)29/h15H,1-14H2,(H,24,25)(H,26,27)(H,28,29). The summed E-state index contributed by atoms with van der Waals surface area (Å²) in [5.41, 5.74) is 0. The molecule has 0 aliphatic carbocycles. The van der Waals surface area contributed by atoms with E-state index in [4.69, 9.17) is 9.84 Å². The van der Waals surface area contributed by atoms with Gasteiger partial charge < -0.3 is 20.1 Å². The van der Waals surface area contributed by atoms with E-state index >= 15 is 0 Å². The van der Waals surface area contributed by atoms with Crippen LogP contribution in [0.25, 0.3) is 0 Å². The maximum Gasteiger partial charge on any atom is 0.317 e. The summed E-state index contributed by atoms with van der Waals surface area (Å²) in [5, 5.41) is 27.6. The number of esters is 1. The van der Waals surface area contributed by atoms with E-state index in [2.05, 4.69) is 4.90 Å². The Labute approximate surface area is 180 Å². The molecular formula is C19H32N4O8. The Morgan fingerprint density at radius 1 is 0.710 bits per heavy atom. The van der Waals surface area contributed by atoms with Crippen LogP contribution in [-0.2, 0) is 23.9 Å². The van der Waals surface area contributed by atoms with Gasteiger partial charge in [-0.3, -0.25) is 38.8 Å². The van der Waals surface area contributed by atoms with E-state index < -0.39 is 17.9 Å². The van der Waals surface area contributed by atoms with Crippen LogP contribution in [0.1, 0.15) is 12.8 Å². The summed E-state index contributed by atoms with van der Waals surface area (Å²) in [6.45, 7) is 3.45. The van der Waals surface area contributed by atoms with E-state index in [0.29, 0.717) is 71.7 Å². The third-order valence-electron chi connectivity index (χ3n) is 5.44. The number of rotatable bonds is 8. The summed E-state index contributed by atoms with van der Waals surface area (Å²) in [6, 6.07) is 0. The zero-order valence-corrected chi connectivity index (χ0v) is 17.6. The second-order valence-electron chi connectivity index (χ2n) is 7.96. The summed E-state index contributed by atoms with van der Waals surface area (Å²) in [5.74, 6) is -3.13. The molecule has 2 saturated heterocycles. The smallest absolute Gasteiger partial charge is 0.317 e. The summed E-state index contributed by atoms with van der Waals surface area (Å²) in [7, 11) is 0. The number of hydrogen-bond donors (Lipinski definition) is 3. The maximum absolute atomic E-state index is 11.4. The number of carboxylic acids is 3. The third-order valence-corrected chi connectivity index (χ3v) is 5.44. The summed E-state index contributed by atoms with van der Waals surface area (Å²) in [4.78, 5) is 52.4. The van der Waals surface area contributed by atoms with E-state index in [-0.39, 0.29) is 31.7 Å². The van der Waals surface area contributed by atoms with Crippen molar-refractivity contribution in [1.82, 2.24) is 19.6 Å². The first-order valence-electron chi connectivity index (χ1n) is 10.5. The topological polar surface area (TPSA) is 151 Å². The molecule has 0 spiro atoms. The van der Waals surface area contributed by atoms with Gasteiger partial charge in [0.2, 0.25) is 0 Å². The van der Waals surface area contributed by atoms with Gasteiger partial charge in [0.1, 0.15) is 6.10 Å². The van der Waals surface area contributed by atoms with Crippen LogP contribution in [0.2, 0.25) is 0 Å². The highest BCUT2D eigenvalue weighted by molar-refractivity contribution is 5.71. The van der Waals surface area contributed by atoms with Gasteiger partial charge in [0, 0.05) is 65.3 Å². The van der Waals surface area contributed by atoms with Crippen LogP contribution < -0.4 is 0 Å². The van der Waals surface area contributed by atoms with Crippen molar-refractivity contribution in [2.24, 2.45) is 0 Å². The van der Waals surface area contributed by atoms with Crippen molar-refractivity contribution in [2.45, 2.75) is 18.9 Å². The van der Waals surface area contributed by atoms with E-state index in [1.165, 1.54) is 0 Å². The Hall–Kier alpha value is -2.28. The highest BCUT2D eigenvalue weighted by Gasteiger charge is 2.26. The number of ether oxygens (including phenoxy) is 1. The molecule has 12 nitrogen and oxygen atoms in total. The molecule has 2 aliphatic heterocycles. The molecule has 3 N–H and O–H groups in total. The number of cyclic esters (lactones) is 1. The molecule has 31 heavy (non-hydrogen) atoms. The van der Waals surface area contributed by atoms with Gasteiger partial charge in [-0.05, 0) is 6.42 Å². The molecule has 0 aromatic heterocycles. The monoisotopic (exact) mass is 444 g/mol. The minimum Gasteiger partial charge on any atom is -0.480 e. The van der Waals surface area contributed by atoms with Crippen molar-refractivity contribution < 1.29 is 39.2 Å². The fourth-order valence-electron chi connectivity index (χ4n) is 3.81. The first-order chi connectivity index (χ1) is 14.7. The predicted octanol–water partition coefficient (Wildman–Crippen LogP) is -1.83. The Morgan fingerprint density at radius 3 is 1.35 bits per heavy atom. The summed E-state index contributed by atoms with van der Waals surface area (Å²) >= 11 is 0. The molecule has 176 valence electrons. The van der Waals surface area contributed by atoms with Crippen LogP contribution in [0.4, 0.5) is 0 Å². The largest absolute Gasteiger partial charge is 0.480 e. The Bertz CT molecular complexity index is 614. The van der Waals surface area contributed by atoms with Crippen LogP contribution in [0.5, 0.6) is 0 Å². The minimum absolute atomic E-state index is 0.154. The molecule has 12 heteroatoms. The molecule has 2 fully saturated rings. The van der Waals surface area contributed by atoms with Crippen molar-refractivity contribution >= 4 is 23.9 Å². The lowest BCUT2D eigenvalue weighted by Crippen LogP contribution is -2.49. The predicted molar refractivity (Wildman–Crippen MR) is 108 cm³/mol. The second kappa shape index (κ2) is 12.5. The quantitative estimate of drug-likeness (QED) is 0.361. The van der Waals surface area contributed by atoms with Gasteiger partial charge in [-0.2, -0.15) is 0 Å². The van der Waals surface area contributed by atoms with Crippen molar-refractivity contribution in [3.63, 3.8) is 0 Å². The van der Waals surface area contributed by atoms with Crippen LogP contribution >= 0.6 is 0 Å². The first kappa shape index (κ1) is 25.0. The minimum atomic E-state index is -0.987. The number of aliphatic carboxylic acids is 3. The Morgan fingerprint density at radius 2 is 1.06 bits per heavy atom. The molecule has 0 saturated carbocycles. The number of carbonyl (C=O) groups is 4. The van der Waals surface area contributed by atoms with Crippen molar-refractivity contribution in [2.75, 3.05) is 78.5 Å². The highest BCUT2D eigenvalue weighted by Crippen LogP contribution is 2.15. The SMILES string of the molecule is O=C(O)CN1CCN(CC(=O)O)CCN(CC2CCC(=O)O2)CCN(CC(=O)O)CC1. The lowest BCUT2D eigenvalue weighted by molar-refractivity contribution is -0.142. The van der Waals surface area contributed by atoms with Crippen LogP contribution in [0, 0.1) is 0 Å². The van der Waals surface area contributed by atoms with Gasteiger partial charge in [0.25, 0.3) is 0 Å². The number of hydrogen-bond acceptors (Lipinski definition) is 9. The van der Waals surface area contributed by atoms with Crippen molar-refractivity contribution in [1.29, 1.82) is 0 Å². The van der Waals surface area contributed by atoms with Gasteiger partial charge in [0.15, 0.2) is 0 Å². The highest BCUT2D eigenvalue weighted by atomic mass is 16.5. The maximum atomic E-state index is 11.4. The van der Waals surface area contributed by atoms with Gasteiger partial charge in [-0.1, -0.05) is 0 Å². The average molecular weight is 444 g/mol. The summed E-state index contributed by atoms with van der Waals surface area (Å²) in [6.07, 6.45) is 0.804. The van der Waals surface area contributed by atoms with Crippen molar-refractivity contribution in [3.8, 4) is 0 Å². The van der Waals surface area contributed by atoms with Gasteiger partial charge in [0.05, 0.1) is 19.6 Å². The molecule has 1 atom stereocenters. The fraction of sp³-hybridized carbons (Fsp3) is 0.789. The molecule has 2 rings (SSSR count). The van der Waals surface area contributed by atoms with Crippen LogP contribution in [-0.4, -0.2) is 143 Å².